The second kappa shape index (κ2) is 5.80. The fourth-order valence-corrected chi connectivity index (χ4v) is 1.03. The number of nitrogens with one attached hydrogen (secondary N) is 1. The number of aromatic nitrogens is 3. The highest BCUT2D eigenvalue weighted by atomic mass is 19.4. The van der Waals surface area contributed by atoms with Crippen LogP contribution in [0.2, 0.25) is 0 Å². The van der Waals surface area contributed by atoms with Crippen LogP contribution >= 0.6 is 0 Å². The molecule has 1 rings (SSSR count). The third kappa shape index (κ3) is 5.08. The molecule has 92 valence electrons. The Labute approximate surface area is 90.6 Å². The van der Waals surface area contributed by atoms with Gasteiger partial charge >= 0.3 is 6.18 Å². The van der Waals surface area contributed by atoms with Crippen molar-refractivity contribution >= 4 is 0 Å². The summed E-state index contributed by atoms with van der Waals surface area (Å²) in [6, 6.07) is 0. The van der Waals surface area contributed by atoms with Crippen LogP contribution < -0.4 is 5.32 Å². The lowest BCUT2D eigenvalue weighted by Crippen LogP contribution is -2.19. The van der Waals surface area contributed by atoms with Crippen LogP contribution in [-0.4, -0.2) is 41.2 Å². The quantitative estimate of drug-likeness (QED) is 0.736. The summed E-state index contributed by atoms with van der Waals surface area (Å²) in [5.74, 6) is 0.596. The lowest BCUT2D eigenvalue weighted by molar-refractivity contribution is -0.174. The predicted octanol–water partition coefficient (Wildman–Crippen LogP) is 0.576. The van der Waals surface area contributed by atoms with Gasteiger partial charge in [-0.15, -0.1) is 0 Å². The summed E-state index contributed by atoms with van der Waals surface area (Å²) in [6.45, 7) is -0.490. The summed E-state index contributed by atoms with van der Waals surface area (Å²) in [5.41, 5.74) is 0. The van der Waals surface area contributed by atoms with Crippen LogP contribution in [0.4, 0.5) is 13.2 Å². The molecule has 0 aromatic carbocycles. The number of rotatable bonds is 6. The normalized spacial score (nSPS) is 12.0. The van der Waals surface area contributed by atoms with E-state index in [1.54, 1.807) is 7.05 Å². The van der Waals surface area contributed by atoms with Crippen molar-refractivity contribution in [2.45, 2.75) is 19.3 Å². The van der Waals surface area contributed by atoms with E-state index >= 15 is 0 Å². The minimum Gasteiger partial charge on any atom is -0.370 e. The van der Waals surface area contributed by atoms with Crippen molar-refractivity contribution in [3.05, 3.63) is 12.2 Å². The van der Waals surface area contributed by atoms with E-state index in [9.17, 15) is 13.2 Å². The molecule has 0 bridgehead atoms. The van der Waals surface area contributed by atoms with Crippen LogP contribution in [0, 0.1) is 0 Å². The van der Waals surface area contributed by atoms with Crippen LogP contribution in [0.15, 0.2) is 6.33 Å². The molecular formula is C8H13F3N4O. The van der Waals surface area contributed by atoms with Crippen LogP contribution in [-0.2, 0) is 17.8 Å². The van der Waals surface area contributed by atoms with Gasteiger partial charge in [0.1, 0.15) is 12.9 Å². The smallest absolute Gasteiger partial charge is 0.370 e. The highest BCUT2D eigenvalue weighted by molar-refractivity contribution is 4.79. The molecule has 0 radical (unpaired) electrons. The van der Waals surface area contributed by atoms with Gasteiger partial charge < -0.3 is 10.1 Å². The van der Waals surface area contributed by atoms with Gasteiger partial charge in [-0.2, -0.15) is 18.3 Å². The molecule has 1 aromatic rings. The Morgan fingerprint density at radius 1 is 1.50 bits per heavy atom. The standard InChI is InChI=1S/C8H13F3N4O/c1-12-4-7-13-6-15(14-7)2-3-16-5-8(9,10)11/h6,12H,2-5H2,1H3. The fraction of sp³-hybridized carbons (Fsp3) is 0.750. The van der Waals surface area contributed by atoms with E-state index in [2.05, 4.69) is 20.1 Å². The molecular weight excluding hydrogens is 225 g/mol. The summed E-state index contributed by atoms with van der Waals surface area (Å²) >= 11 is 0. The van der Waals surface area contributed by atoms with E-state index in [1.165, 1.54) is 11.0 Å². The molecule has 0 saturated carbocycles. The van der Waals surface area contributed by atoms with E-state index in [4.69, 9.17) is 0 Å². The number of alkyl halides is 3. The largest absolute Gasteiger partial charge is 0.411 e. The summed E-state index contributed by atoms with van der Waals surface area (Å²) in [7, 11) is 1.76. The van der Waals surface area contributed by atoms with Gasteiger partial charge in [0.15, 0.2) is 5.82 Å². The average Bonchev–Trinajstić information content (AvgIpc) is 2.60. The van der Waals surface area contributed by atoms with E-state index in [-0.39, 0.29) is 13.2 Å². The molecule has 1 N–H and O–H groups in total. The minimum atomic E-state index is -4.28. The van der Waals surface area contributed by atoms with Gasteiger partial charge in [-0.05, 0) is 7.05 Å². The van der Waals surface area contributed by atoms with E-state index in [1.807, 2.05) is 0 Å². The molecule has 8 heteroatoms. The first kappa shape index (κ1) is 12.9. The third-order valence-electron chi connectivity index (χ3n) is 1.65. The Balaban J connectivity index is 2.21. The Bertz CT molecular complexity index is 312. The zero-order valence-electron chi connectivity index (χ0n) is 8.79. The summed E-state index contributed by atoms with van der Waals surface area (Å²) < 4.78 is 41.0. The van der Waals surface area contributed by atoms with Gasteiger partial charge in [-0.1, -0.05) is 0 Å². The molecule has 0 aliphatic carbocycles. The Kier molecular flexibility index (Phi) is 4.69. The molecule has 16 heavy (non-hydrogen) atoms. The zero-order chi connectivity index (χ0) is 12.0. The second-order valence-electron chi connectivity index (χ2n) is 3.12. The first-order chi connectivity index (χ1) is 7.51. The SMILES string of the molecule is CNCc1ncn(CCOCC(F)(F)F)n1. The van der Waals surface area contributed by atoms with Crippen molar-refractivity contribution in [3.8, 4) is 0 Å². The monoisotopic (exact) mass is 238 g/mol. The fourth-order valence-electron chi connectivity index (χ4n) is 1.03. The molecule has 1 aromatic heterocycles. The molecule has 0 spiro atoms. The van der Waals surface area contributed by atoms with Crippen molar-refractivity contribution in [3.63, 3.8) is 0 Å². The second-order valence-corrected chi connectivity index (χ2v) is 3.12. The maximum atomic E-state index is 11.7. The topological polar surface area (TPSA) is 52.0 Å². The first-order valence-corrected chi connectivity index (χ1v) is 4.68. The molecule has 0 saturated heterocycles. The summed E-state index contributed by atoms with van der Waals surface area (Å²) in [4.78, 5) is 3.94. The third-order valence-corrected chi connectivity index (χ3v) is 1.65. The van der Waals surface area contributed by atoms with Gasteiger partial charge in [0, 0.05) is 0 Å². The maximum absolute atomic E-state index is 11.7. The van der Waals surface area contributed by atoms with E-state index < -0.39 is 12.8 Å². The number of hydrogen-bond acceptors (Lipinski definition) is 4. The molecule has 0 amide bonds. The molecule has 5 nitrogen and oxygen atoms in total. The Morgan fingerprint density at radius 2 is 2.25 bits per heavy atom. The lowest BCUT2D eigenvalue weighted by Gasteiger charge is -2.06. The predicted molar refractivity (Wildman–Crippen MR) is 49.7 cm³/mol. The van der Waals surface area contributed by atoms with Crippen molar-refractivity contribution in [1.29, 1.82) is 0 Å². The highest BCUT2D eigenvalue weighted by Gasteiger charge is 2.27. The van der Waals surface area contributed by atoms with Gasteiger partial charge in [-0.25, -0.2) is 4.98 Å². The number of hydrogen-bond donors (Lipinski definition) is 1. The average molecular weight is 238 g/mol. The van der Waals surface area contributed by atoms with Gasteiger partial charge in [0.25, 0.3) is 0 Å². The van der Waals surface area contributed by atoms with Gasteiger partial charge in [0.2, 0.25) is 0 Å². The Morgan fingerprint density at radius 3 is 2.88 bits per heavy atom. The maximum Gasteiger partial charge on any atom is 0.411 e. The molecule has 0 unspecified atom stereocenters. The van der Waals surface area contributed by atoms with Crippen molar-refractivity contribution in [1.82, 2.24) is 20.1 Å². The number of ether oxygens (including phenoxy) is 1. The molecule has 0 atom stereocenters. The summed E-state index contributed by atoms with van der Waals surface area (Å²) in [6.07, 6.45) is -2.82. The van der Waals surface area contributed by atoms with E-state index in [0.717, 1.165) is 0 Å². The molecule has 0 aliphatic rings. The lowest BCUT2D eigenvalue weighted by atomic mass is 10.6. The highest BCUT2D eigenvalue weighted by Crippen LogP contribution is 2.14. The molecule has 0 fully saturated rings. The number of halogens is 3. The minimum absolute atomic E-state index is 0.0398. The van der Waals surface area contributed by atoms with E-state index in [0.29, 0.717) is 12.4 Å². The van der Waals surface area contributed by atoms with Crippen LogP contribution in [0.3, 0.4) is 0 Å². The van der Waals surface area contributed by atoms with Crippen LogP contribution in [0.5, 0.6) is 0 Å². The van der Waals surface area contributed by atoms with Crippen LogP contribution in [0.25, 0.3) is 0 Å². The summed E-state index contributed by atoms with van der Waals surface area (Å²) in [5, 5.41) is 6.88. The van der Waals surface area contributed by atoms with Gasteiger partial charge in [-0.3, -0.25) is 4.68 Å². The van der Waals surface area contributed by atoms with Crippen LogP contribution in [0.1, 0.15) is 5.82 Å². The van der Waals surface area contributed by atoms with Gasteiger partial charge in [0.05, 0.1) is 19.7 Å². The van der Waals surface area contributed by atoms with Crippen molar-refractivity contribution in [2.24, 2.45) is 0 Å². The van der Waals surface area contributed by atoms with Crippen molar-refractivity contribution in [2.75, 3.05) is 20.3 Å². The zero-order valence-corrected chi connectivity index (χ0v) is 8.79. The molecule has 1 heterocycles. The Hall–Kier alpha value is -1.15. The first-order valence-electron chi connectivity index (χ1n) is 4.68. The number of nitrogens with zero attached hydrogens (tertiary/aromatic N) is 3. The molecule has 0 aliphatic heterocycles. The van der Waals surface area contributed by atoms with Crippen molar-refractivity contribution < 1.29 is 17.9 Å².